The zero-order chi connectivity index (χ0) is 25.6. The molecule has 0 radical (unpaired) electrons. The van der Waals surface area contributed by atoms with Crippen LogP contribution in [-0.4, -0.2) is 50.5 Å². The number of benzene rings is 2. The van der Waals surface area contributed by atoms with E-state index < -0.39 is 28.5 Å². The van der Waals surface area contributed by atoms with E-state index in [2.05, 4.69) is 5.32 Å². The third kappa shape index (κ3) is 7.25. The Bertz CT molecular complexity index is 1160. The molecular formula is C23H28Cl3N3O4S. The summed E-state index contributed by atoms with van der Waals surface area (Å²) in [7, 11) is -3.85. The van der Waals surface area contributed by atoms with Crippen molar-refractivity contribution in [1.82, 2.24) is 10.2 Å². The molecule has 0 fully saturated rings. The molecule has 1 unspecified atom stereocenters. The predicted molar refractivity (Wildman–Crippen MR) is 138 cm³/mol. The minimum Gasteiger partial charge on any atom is -0.355 e. The van der Waals surface area contributed by atoms with Crippen LogP contribution in [0.5, 0.6) is 0 Å². The van der Waals surface area contributed by atoms with Crippen LogP contribution in [-0.2, 0) is 26.2 Å². The zero-order valence-electron chi connectivity index (χ0n) is 19.4. The highest BCUT2D eigenvalue weighted by molar-refractivity contribution is 7.92. The van der Waals surface area contributed by atoms with E-state index in [0.717, 1.165) is 10.6 Å². The van der Waals surface area contributed by atoms with Crippen LogP contribution >= 0.6 is 34.8 Å². The number of rotatable bonds is 10. The summed E-state index contributed by atoms with van der Waals surface area (Å²) >= 11 is 18.4. The molecule has 2 amide bonds. The number of halogens is 3. The van der Waals surface area contributed by atoms with Crippen LogP contribution in [0.4, 0.5) is 5.69 Å². The number of anilines is 1. The lowest BCUT2D eigenvalue weighted by Crippen LogP contribution is -2.52. The highest BCUT2D eigenvalue weighted by Crippen LogP contribution is 2.28. The maximum atomic E-state index is 13.6. The van der Waals surface area contributed by atoms with Crippen LogP contribution in [0, 0.1) is 6.92 Å². The van der Waals surface area contributed by atoms with Gasteiger partial charge in [-0.3, -0.25) is 13.9 Å². The summed E-state index contributed by atoms with van der Waals surface area (Å²) in [5.74, 6) is -0.901. The fourth-order valence-electron chi connectivity index (χ4n) is 3.49. The van der Waals surface area contributed by atoms with Gasteiger partial charge in [-0.15, -0.1) is 0 Å². The molecule has 7 nitrogen and oxygen atoms in total. The molecule has 0 aliphatic heterocycles. The Morgan fingerprint density at radius 3 is 2.21 bits per heavy atom. The lowest BCUT2D eigenvalue weighted by molar-refractivity contribution is -0.140. The zero-order valence-corrected chi connectivity index (χ0v) is 22.5. The number of nitrogens with one attached hydrogen (secondary N) is 1. The molecule has 1 atom stereocenters. The molecule has 0 bridgehead atoms. The average molecular weight is 549 g/mol. The molecule has 0 aromatic heterocycles. The Balaban J connectivity index is 2.51. The van der Waals surface area contributed by atoms with Crippen molar-refractivity contribution < 1.29 is 18.0 Å². The summed E-state index contributed by atoms with van der Waals surface area (Å²) in [6, 6.07) is 8.83. The summed E-state index contributed by atoms with van der Waals surface area (Å²) in [5, 5.41) is 3.84. The molecular weight excluding hydrogens is 521 g/mol. The van der Waals surface area contributed by atoms with Gasteiger partial charge in [-0.25, -0.2) is 8.42 Å². The molecule has 0 aliphatic carbocycles. The van der Waals surface area contributed by atoms with Crippen molar-refractivity contribution in [3.63, 3.8) is 0 Å². The first-order chi connectivity index (χ1) is 15.9. The molecule has 0 saturated heterocycles. The van der Waals surface area contributed by atoms with Gasteiger partial charge in [0.15, 0.2) is 0 Å². The monoisotopic (exact) mass is 547 g/mol. The second-order valence-corrected chi connectivity index (χ2v) is 11.0. The Morgan fingerprint density at radius 1 is 1.03 bits per heavy atom. The number of hydrogen-bond donors (Lipinski definition) is 1. The normalized spacial score (nSPS) is 12.2. The number of nitrogens with zero attached hydrogens (tertiary/aromatic N) is 2. The van der Waals surface area contributed by atoms with Crippen LogP contribution in [0.2, 0.25) is 15.1 Å². The third-order valence-corrected chi connectivity index (χ3v) is 7.16. The van der Waals surface area contributed by atoms with E-state index in [9.17, 15) is 18.0 Å². The van der Waals surface area contributed by atoms with Crippen molar-refractivity contribution in [1.29, 1.82) is 0 Å². The first-order valence-corrected chi connectivity index (χ1v) is 13.6. The van der Waals surface area contributed by atoms with Gasteiger partial charge in [0.25, 0.3) is 0 Å². The SMILES string of the molecule is CCNC(=O)C(CC)N(Cc1ccc(Cl)cc1Cl)C(=O)CN(c1cc(Cl)ccc1C)S(C)(=O)=O. The third-order valence-electron chi connectivity index (χ3n) is 5.21. The van der Waals surface area contributed by atoms with Crippen molar-refractivity contribution in [3.8, 4) is 0 Å². The second-order valence-electron chi connectivity index (χ2n) is 7.78. The molecule has 0 aliphatic rings. The van der Waals surface area contributed by atoms with Crippen LogP contribution in [0.25, 0.3) is 0 Å². The number of likely N-dealkylation sites (N-methyl/N-ethyl adjacent to an activating group) is 1. The minimum absolute atomic E-state index is 0.00337. The quantitative estimate of drug-likeness (QED) is 0.468. The Kier molecular flexibility index (Phi) is 10.1. The molecule has 2 rings (SSSR count). The molecule has 0 spiro atoms. The van der Waals surface area contributed by atoms with E-state index in [0.29, 0.717) is 44.8 Å². The van der Waals surface area contributed by atoms with Gasteiger partial charge in [0, 0.05) is 28.2 Å². The van der Waals surface area contributed by atoms with Gasteiger partial charge in [0.05, 0.1) is 11.9 Å². The molecule has 186 valence electrons. The Morgan fingerprint density at radius 2 is 1.65 bits per heavy atom. The fourth-order valence-corrected chi connectivity index (χ4v) is 5.02. The van der Waals surface area contributed by atoms with E-state index in [1.807, 2.05) is 0 Å². The van der Waals surface area contributed by atoms with E-state index in [1.165, 1.54) is 11.0 Å². The summed E-state index contributed by atoms with van der Waals surface area (Å²) in [4.78, 5) is 27.7. The number of carbonyl (C=O) groups excluding carboxylic acids is 2. The van der Waals surface area contributed by atoms with Crippen molar-refractivity contribution >= 4 is 62.3 Å². The summed E-state index contributed by atoms with van der Waals surface area (Å²) in [6.07, 6.45) is 1.33. The topological polar surface area (TPSA) is 86.8 Å². The first kappa shape index (κ1) is 28.2. The van der Waals surface area contributed by atoms with Crippen molar-refractivity contribution in [2.24, 2.45) is 0 Å². The van der Waals surface area contributed by atoms with Gasteiger partial charge in [-0.2, -0.15) is 0 Å². The fraction of sp³-hybridized carbons (Fsp3) is 0.391. The number of aryl methyl sites for hydroxylation is 1. The van der Waals surface area contributed by atoms with Crippen LogP contribution in [0.1, 0.15) is 31.4 Å². The molecule has 34 heavy (non-hydrogen) atoms. The number of carbonyl (C=O) groups is 2. The molecule has 2 aromatic rings. The van der Waals surface area contributed by atoms with E-state index >= 15 is 0 Å². The van der Waals surface area contributed by atoms with E-state index in [-0.39, 0.29) is 12.5 Å². The highest BCUT2D eigenvalue weighted by atomic mass is 35.5. The first-order valence-electron chi connectivity index (χ1n) is 10.6. The smallest absolute Gasteiger partial charge is 0.244 e. The number of amides is 2. The molecule has 2 aromatic carbocycles. The summed E-state index contributed by atoms with van der Waals surface area (Å²) in [6.45, 7) is 5.15. The lowest BCUT2D eigenvalue weighted by Gasteiger charge is -2.33. The van der Waals surface area contributed by atoms with Gasteiger partial charge < -0.3 is 10.2 Å². The maximum Gasteiger partial charge on any atom is 0.244 e. The van der Waals surface area contributed by atoms with Crippen molar-refractivity contribution in [2.75, 3.05) is 23.7 Å². The van der Waals surface area contributed by atoms with Gasteiger partial charge in [-0.05, 0) is 55.7 Å². The Labute approximate surface area is 216 Å². The van der Waals surface area contributed by atoms with Gasteiger partial charge in [0.2, 0.25) is 21.8 Å². The van der Waals surface area contributed by atoms with Gasteiger partial charge in [0.1, 0.15) is 12.6 Å². The van der Waals surface area contributed by atoms with Crippen LogP contribution in [0.3, 0.4) is 0 Å². The lowest BCUT2D eigenvalue weighted by atomic mass is 10.1. The standard InChI is InChI=1S/C23H28Cl3N3O4S/c1-5-20(23(31)27-6-2)28(13-16-8-10-17(24)11-19(16)26)22(30)14-29(34(4,32)33)21-12-18(25)9-7-15(21)3/h7-12,20H,5-6,13-14H2,1-4H3,(H,27,31). The van der Waals surface area contributed by atoms with E-state index in [1.54, 1.807) is 51.1 Å². The Hall–Kier alpha value is -2.00. The highest BCUT2D eigenvalue weighted by Gasteiger charge is 2.32. The minimum atomic E-state index is -3.85. The second kappa shape index (κ2) is 12.1. The molecule has 1 N–H and O–H groups in total. The van der Waals surface area contributed by atoms with Crippen molar-refractivity contribution in [2.45, 2.75) is 39.8 Å². The number of sulfonamides is 1. The molecule has 0 saturated carbocycles. The molecule has 0 heterocycles. The van der Waals surface area contributed by atoms with Crippen LogP contribution < -0.4 is 9.62 Å². The van der Waals surface area contributed by atoms with E-state index in [4.69, 9.17) is 34.8 Å². The number of hydrogen-bond acceptors (Lipinski definition) is 4. The summed E-state index contributed by atoms with van der Waals surface area (Å²) in [5.41, 5.74) is 1.50. The average Bonchev–Trinajstić information content (AvgIpc) is 2.74. The van der Waals surface area contributed by atoms with Crippen LogP contribution in [0.15, 0.2) is 36.4 Å². The maximum absolute atomic E-state index is 13.6. The van der Waals surface area contributed by atoms with Crippen molar-refractivity contribution in [3.05, 3.63) is 62.6 Å². The predicted octanol–water partition coefficient (Wildman–Crippen LogP) is 4.66. The largest absolute Gasteiger partial charge is 0.355 e. The molecule has 11 heteroatoms. The summed E-state index contributed by atoms with van der Waals surface area (Å²) < 4.78 is 26.3. The van der Waals surface area contributed by atoms with Gasteiger partial charge in [-0.1, -0.05) is 53.9 Å². The van der Waals surface area contributed by atoms with Gasteiger partial charge >= 0.3 is 0 Å².